The van der Waals surface area contributed by atoms with Crippen LogP contribution in [0.2, 0.25) is 0 Å². The van der Waals surface area contributed by atoms with Crippen molar-refractivity contribution in [2.45, 2.75) is 0 Å². The summed E-state index contributed by atoms with van der Waals surface area (Å²) in [6.07, 6.45) is 0. The van der Waals surface area contributed by atoms with Crippen LogP contribution >= 0.6 is 27.7 Å². The Kier molecular flexibility index (Phi) is 6.53. The summed E-state index contributed by atoms with van der Waals surface area (Å²) >= 11 is 4.68. The zero-order chi connectivity index (χ0) is 15.1. The maximum absolute atomic E-state index is 11.9. The highest BCUT2D eigenvalue weighted by atomic mass is 79.9. The highest BCUT2D eigenvalue weighted by Gasteiger charge is 2.16. The van der Waals surface area contributed by atoms with Crippen molar-refractivity contribution in [3.8, 4) is 0 Å². The quantitative estimate of drug-likeness (QED) is 0.858. The average molecular weight is 373 g/mol. The average Bonchev–Trinajstić information content (AvgIpc) is 2.48. The lowest BCUT2D eigenvalue weighted by atomic mass is 10.3. The molecule has 5 nitrogen and oxygen atoms in total. The molecule has 0 atom stereocenters. The van der Waals surface area contributed by atoms with Crippen LogP contribution in [0.3, 0.4) is 0 Å². The first-order valence-corrected chi connectivity index (χ1v) is 8.58. The lowest BCUT2D eigenvalue weighted by Crippen LogP contribution is -2.41. The zero-order valence-corrected chi connectivity index (χ0v) is 13.9. The van der Waals surface area contributed by atoms with Crippen LogP contribution in [0.4, 0.5) is 5.69 Å². The zero-order valence-electron chi connectivity index (χ0n) is 11.5. The molecule has 7 heteroatoms. The molecule has 1 saturated heterocycles. The molecule has 1 N–H and O–H groups in total. The summed E-state index contributed by atoms with van der Waals surface area (Å²) in [5, 5.41) is 2.80. The number of hydrogen-bond donors (Lipinski definition) is 1. The molecule has 0 saturated carbocycles. The molecule has 0 bridgehead atoms. The summed E-state index contributed by atoms with van der Waals surface area (Å²) in [5.74, 6) is 0.556. The van der Waals surface area contributed by atoms with Crippen molar-refractivity contribution < 1.29 is 14.3 Å². The van der Waals surface area contributed by atoms with Crippen LogP contribution in [0.1, 0.15) is 0 Å². The van der Waals surface area contributed by atoms with E-state index >= 15 is 0 Å². The van der Waals surface area contributed by atoms with Gasteiger partial charge in [0.05, 0.1) is 24.7 Å². The van der Waals surface area contributed by atoms with E-state index < -0.39 is 0 Å². The molecule has 0 aliphatic carbocycles. The normalized spacial score (nSPS) is 14.8. The van der Waals surface area contributed by atoms with Crippen molar-refractivity contribution >= 4 is 45.2 Å². The van der Waals surface area contributed by atoms with Gasteiger partial charge in [0.1, 0.15) is 0 Å². The number of morpholine rings is 1. The number of ether oxygens (including phenoxy) is 1. The Labute approximate surface area is 136 Å². The van der Waals surface area contributed by atoms with Crippen molar-refractivity contribution in [1.82, 2.24) is 4.90 Å². The van der Waals surface area contributed by atoms with Crippen LogP contribution in [0.5, 0.6) is 0 Å². The maximum Gasteiger partial charge on any atom is 0.234 e. The third-order valence-corrected chi connectivity index (χ3v) is 4.34. The first-order valence-electron chi connectivity index (χ1n) is 6.64. The minimum absolute atomic E-state index is 0.0681. The van der Waals surface area contributed by atoms with E-state index in [0.717, 1.165) is 10.2 Å². The Bertz CT molecular complexity index is 507. The molecule has 1 heterocycles. The summed E-state index contributed by atoms with van der Waals surface area (Å²) in [5.41, 5.74) is 0.745. The molecule has 1 aromatic rings. The Morgan fingerprint density at radius 2 is 2.05 bits per heavy atom. The number of nitrogens with zero attached hydrogens (tertiary/aromatic N) is 1. The number of nitrogens with one attached hydrogen (secondary N) is 1. The number of carbonyl (C=O) groups is 2. The predicted molar refractivity (Wildman–Crippen MR) is 87.5 cm³/mol. The molecule has 2 rings (SSSR count). The lowest BCUT2D eigenvalue weighted by Gasteiger charge is -2.26. The molecule has 114 valence electrons. The topological polar surface area (TPSA) is 58.6 Å². The molecule has 1 aliphatic rings. The number of hydrogen-bond acceptors (Lipinski definition) is 4. The molecular formula is C14H17BrN2O3S. The molecule has 0 unspecified atom stereocenters. The molecule has 1 aliphatic heterocycles. The van der Waals surface area contributed by atoms with E-state index in [2.05, 4.69) is 21.2 Å². The molecule has 1 fully saturated rings. The standard InChI is InChI=1S/C14H17BrN2O3S/c15-11-2-1-3-12(8-11)16-13(18)9-21-10-14(19)17-4-6-20-7-5-17/h1-3,8H,4-7,9-10H2,(H,16,18). The van der Waals surface area contributed by atoms with E-state index in [-0.39, 0.29) is 17.6 Å². The van der Waals surface area contributed by atoms with E-state index in [1.165, 1.54) is 11.8 Å². The van der Waals surface area contributed by atoms with Gasteiger partial charge in [0, 0.05) is 23.2 Å². The number of benzene rings is 1. The number of carbonyl (C=O) groups excluding carboxylic acids is 2. The van der Waals surface area contributed by atoms with Gasteiger partial charge in [-0.25, -0.2) is 0 Å². The van der Waals surface area contributed by atoms with E-state index in [1.807, 2.05) is 24.3 Å². The SMILES string of the molecule is O=C(CSCC(=O)N1CCOCC1)Nc1cccc(Br)c1. The van der Waals surface area contributed by atoms with Crippen molar-refractivity contribution in [3.05, 3.63) is 28.7 Å². The second kappa shape index (κ2) is 8.41. The van der Waals surface area contributed by atoms with E-state index in [9.17, 15) is 9.59 Å². The number of halogens is 1. The van der Waals surface area contributed by atoms with Crippen molar-refractivity contribution in [3.63, 3.8) is 0 Å². The fourth-order valence-corrected chi connectivity index (χ4v) is 3.01. The molecule has 0 aromatic heterocycles. The summed E-state index contributed by atoms with van der Waals surface area (Å²) in [4.78, 5) is 25.5. The monoisotopic (exact) mass is 372 g/mol. The highest BCUT2D eigenvalue weighted by Crippen LogP contribution is 2.16. The minimum Gasteiger partial charge on any atom is -0.378 e. The van der Waals surface area contributed by atoms with Gasteiger partial charge < -0.3 is 15.0 Å². The van der Waals surface area contributed by atoms with Crippen molar-refractivity contribution in [1.29, 1.82) is 0 Å². The van der Waals surface area contributed by atoms with Gasteiger partial charge in [0.2, 0.25) is 11.8 Å². The van der Waals surface area contributed by atoms with Crippen LogP contribution in [-0.4, -0.2) is 54.5 Å². The summed E-state index contributed by atoms with van der Waals surface area (Å²) < 4.78 is 6.11. The fourth-order valence-electron chi connectivity index (χ4n) is 1.90. The van der Waals surface area contributed by atoms with Gasteiger partial charge in [-0.1, -0.05) is 22.0 Å². The molecule has 21 heavy (non-hydrogen) atoms. The smallest absolute Gasteiger partial charge is 0.234 e. The molecular weight excluding hydrogens is 356 g/mol. The first kappa shape index (κ1) is 16.3. The molecule has 0 radical (unpaired) electrons. The Morgan fingerprint density at radius 1 is 1.29 bits per heavy atom. The second-order valence-electron chi connectivity index (χ2n) is 4.54. The highest BCUT2D eigenvalue weighted by molar-refractivity contribution is 9.10. The predicted octanol–water partition coefficient (Wildman–Crippen LogP) is 1.98. The first-order chi connectivity index (χ1) is 10.1. The Balaban J connectivity index is 1.68. The van der Waals surface area contributed by atoms with Gasteiger partial charge >= 0.3 is 0 Å². The fraction of sp³-hybridized carbons (Fsp3) is 0.429. The largest absolute Gasteiger partial charge is 0.378 e. The van der Waals surface area contributed by atoms with Crippen LogP contribution in [-0.2, 0) is 14.3 Å². The van der Waals surface area contributed by atoms with Gasteiger partial charge in [-0.15, -0.1) is 11.8 Å². The number of thioether (sulfide) groups is 1. The molecule has 0 spiro atoms. The van der Waals surface area contributed by atoms with Crippen LogP contribution in [0, 0.1) is 0 Å². The minimum atomic E-state index is -0.104. The number of amides is 2. The van der Waals surface area contributed by atoms with Gasteiger partial charge in [-0.3, -0.25) is 9.59 Å². The van der Waals surface area contributed by atoms with E-state index in [4.69, 9.17) is 4.74 Å². The van der Waals surface area contributed by atoms with Gasteiger partial charge in [-0.05, 0) is 18.2 Å². The molecule has 2 amide bonds. The van der Waals surface area contributed by atoms with Gasteiger partial charge in [0.15, 0.2) is 0 Å². The Hall–Kier alpha value is -1.05. The van der Waals surface area contributed by atoms with Crippen LogP contribution < -0.4 is 5.32 Å². The Morgan fingerprint density at radius 3 is 2.76 bits per heavy atom. The molecule has 1 aromatic carbocycles. The van der Waals surface area contributed by atoms with E-state index in [0.29, 0.717) is 32.1 Å². The second-order valence-corrected chi connectivity index (χ2v) is 6.45. The van der Waals surface area contributed by atoms with E-state index in [1.54, 1.807) is 4.90 Å². The summed E-state index contributed by atoms with van der Waals surface area (Å²) in [7, 11) is 0. The van der Waals surface area contributed by atoms with Crippen molar-refractivity contribution in [2.75, 3.05) is 43.1 Å². The third-order valence-electron chi connectivity index (χ3n) is 2.93. The summed E-state index contributed by atoms with van der Waals surface area (Å²) in [6.45, 7) is 2.48. The van der Waals surface area contributed by atoms with Gasteiger partial charge in [0.25, 0.3) is 0 Å². The maximum atomic E-state index is 11.9. The number of anilines is 1. The lowest BCUT2D eigenvalue weighted by molar-refractivity contribution is -0.132. The van der Waals surface area contributed by atoms with Crippen molar-refractivity contribution in [2.24, 2.45) is 0 Å². The van der Waals surface area contributed by atoms with Crippen LogP contribution in [0.15, 0.2) is 28.7 Å². The van der Waals surface area contributed by atoms with Gasteiger partial charge in [-0.2, -0.15) is 0 Å². The number of rotatable bonds is 5. The van der Waals surface area contributed by atoms with Crippen LogP contribution in [0.25, 0.3) is 0 Å². The summed E-state index contributed by atoms with van der Waals surface area (Å²) in [6, 6.07) is 7.41. The third kappa shape index (κ3) is 5.68.